The van der Waals surface area contributed by atoms with Gasteiger partial charge >= 0.3 is 0 Å². The molecule has 1 aromatic rings. The van der Waals surface area contributed by atoms with Gasteiger partial charge in [-0.1, -0.05) is 0 Å². The highest BCUT2D eigenvalue weighted by atomic mass is 35.5. The fourth-order valence-electron chi connectivity index (χ4n) is 0.823. The number of halogens is 1. The van der Waals surface area contributed by atoms with Gasteiger partial charge in [-0.25, -0.2) is 0 Å². The monoisotopic (exact) mass is 170 g/mol. The Morgan fingerprint density at radius 2 is 1.73 bits per heavy atom. The van der Waals surface area contributed by atoms with E-state index in [1.165, 1.54) is 5.69 Å². The second kappa shape index (κ2) is 3.49. The lowest BCUT2D eigenvalue weighted by Crippen LogP contribution is -2.07. The lowest BCUT2D eigenvalue weighted by Gasteiger charge is -2.11. The van der Waals surface area contributed by atoms with Crippen molar-refractivity contribution in [3.8, 4) is 0 Å². The first-order valence-corrected chi connectivity index (χ1v) is 3.76. The lowest BCUT2D eigenvalue weighted by molar-refractivity contribution is 1.13. The Labute approximate surface area is 71.9 Å². The second-order valence-electron chi connectivity index (χ2n) is 2.54. The number of hydrogen-bond acceptors (Lipinski definition) is 2. The third-order valence-electron chi connectivity index (χ3n) is 1.49. The fourth-order valence-corrected chi connectivity index (χ4v) is 0.949. The van der Waals surface area contributed by atoms with E-state index in [9.17, 15) is 0 Å². The van der Waals surface area contributed by atoms with Gasteiger partial charge in [0.25, 0.3) is 0 Å². The van der Waals surface area contributed by atoms with E-state index in [1.807, 2.05) is 43.3 Å². The number of hydrogen-bond donors (Lipinski definition) is 1. The first-order chi connectivity index (χ1) is 5.24. The van der Waals surface area contributed by atoms with Crippen molar-refractivity contribution in [1.29, 1.82) is 0 Å². The van der Waals surface area contributed by atoms with Gasteiger partial charge in [0.2, 0.25) is 0 Å². The van der Waals surface area contributed by atoms with Gasteiger partial charge in [0.15, 0.2) is 0 Å². The van der Waals surface area contributed by atoms with Gasteiger partial charge in [-0.15, -0.1) is 0 Å². The SMILES string of the molecule is CN(C)c1ccc(NCl)cc1. The molecule has 0 saturated carbocycles. The smallest absolute Gasteiger partial charge is 0.0493 e. The summed E-state index contributed by atoms with van der Waals surface area (Å²) in [6.45, 7) is 0. The maximum Gasteiger partial charge on any atom is 0.0493 e. The molecule has 0 aliphatic heterocycles. The summed E-state index contributed by atoms with van der Waals surface area (Å²) >= 11 is 5.40. The third-order valence-corrected chi connectivity index (χ3v) is 1.71. The summed E-state index contributed by atoms with van der Waals surface area (Å²) in [5, 5.41) is 0. The van der Waals surface area contributed by atoms with E-state index in [-0.39, 0.29) is 0 Å². The zero-order chi connectivity index (χ0) is 8.27. The molecule has 1 aromatic carbocycles. The summed E-state index contributed by atoms with van der Waals surface area (Å²) in [6.07, 6.45) is 0. The average molecular weight is 171 g/mol. The molecule has 0 heterocycles. The van der Waals surface area contributed by atoms with Crippen LogP contribution in [0.3, 0.4) is 0 Å². The van der Waals surface area contributed by atoms with E-state index in [1.54, 1.807) is 0 Å². The van der Waals surface area contributed by atoms with Crippen molar-refractivity contribution < 1.29 is 0 Å². The molecule has 3 heteroatoms. The summed E-state index contributed by atoms with van der Waals surface area (Å²) in [5.74, 6) is 0. The zero-order valence-corrected chi connectivity index (χ0v) is 7.39. The van der Waals surface area contributed by atoms with Crippen LogP contribution in [0.2, 0.25) is 0 Å². The maximum atomic E-state index is 5.40. The van der Waals surface area contributed by atoms with Crippen LogP contribution in [0.1, 0.15) is 0 Å². The van der Waals surface area contributed by atoms with E-state index in [4.69, 9.17) is 11.8 Å². The minimum absolute atomic E-state index is 0.914. The third kappa shape index (κ3) is 2.02. The predicted octanol–water partition coefficient (Wildman–Crippen LogP) is 2.32. The van der Waals surface area contributed by atoms with Crippen molar-refractivity contribution in [1.82, 2.24) is 0 Å². The fraction of sp³-hybridized carbons (Fsp3) is 0.250. The van der Waals surface area contributed by atoms with Crippen LogP contribution in [0.25, 0.3) is 0 Å². The molecule has 0 amide bonds. The molecule has 1 rings (SSSR count). The predicted molar refractivity (Wildman–Crippen MR) is 50.2 cm³/mol. The minimum Gasteiger partial charge on any atom is -0.378 e. The molecular weight excluding hydrogens is 160 g/mol. The average Bonchev–Trinajstić information content (AvgIpc) is 2.05. The topological polar surface area (TPSA) is 15.3 Å². The van der Waals surface area contributed by atoms with Crippen molar-refractivity contribution in [2.24, 2.45) is 0 Å². The summed E-state index contributed by atoms with van der Waals surface area (Å²) < 4.78 is 0. The highest BCUT2D eigenvalue weighted by Crippen LogP contribution is 2.15. The van der Waals surface area contributed by atoms with Gasteiger partial charge in [0.1, 0.15) is 0 Å². The van der Waals surface area contributed by atoms with Crippen molar-refractivity contribution in [3.63, 3.8) is 0 Å². The Balaban J connectivity index is 2.83. The quantitative estimate of drug-likeness (QED) is 0.686. The van der Waals surface area contributed by atoms with Crippen LogP contribution in [-0.4, -0.2) is 14.1 Å². The second-order valence-corrected chi connectivity index (χ2v) is 2.72. The Kier molecular flexibility index (Phi) is 2.60. The summed E-state index contributed by atoms with van der Waals surface area (Å²) in [4.78, 5) is 4.59. The molecule has 0 fully saturated rings. The lowest BCUT2D eigenvalue weighted by atomic mass is 10.3. The zero-order valence-electron chi connectivity index (χ0n) is 6.63. The summed E-state index contributed by atoms with van der Waals surface area (Å²) in [5.41, 5.74) is 2.08. The largest absolute Gasteiger partial charge is 0.378 e. The number of nitrogens with one attached hydrogen (secondary N) is 1. The Morgan fingerprint density at radius 3 is 2.09 bits per heavy atom. The van der Waals surface area contributed by atoms with E-state index in [0.717, 1.165) is 5.69 Å². The molecule has 0 aliphatic carbocycles. The van der Waals surface area contributed by atoms with Crippen molar-refractivity contribution >= 4 is 23.2 Å². The molecule has 0 spiro atoms. The summed E-state index contributed by atoms with van der Waals surface area (Å²) in [6, 6.07) is 7.88. The van der Waals surface area contributed by atoms with Crippen LogP contribution in [0.5, 0.6) is 0 Å². The van der Waals surface area contributed by atoms with Crippen molar-refractivity contribution in [2.45, 2.75) is 0 Å². The summed E-state index contributed by atoms with van der Waals surface area (Å²) in [7, 11) is 4.01. The Morgan fingerprint density at radius 1 is 1.18 bits per heavy atom. The van der Waals surface area contributed by atoms with Crippen LogP contribution in [-0.2, 0) is 0 Å². The van der Waals surface area contributed by atoms with E-state index >= 15 is 0 Å². The standard InChI is InChI=1S/C8H11ClN2/c1-11(2)8-5-3-7(10-9)4-6-8/h3-6,10H,1-2H3. The molecule has 2 nitrogen and oxygen atoms in total. The number of rotatable bonds is 2. The van der Waals surface area contributed by atoms with E-state index in [2.05, 4.69) is 4.84 Å². The molecule has 0 saturated heterocycles. The molecule has 0 bridgehead atoms. The highest BCUT2D eigenvalue weighted by Gasteiger charge is 1.93. The van der Waals surface area contributed by atoms with Gasteiger partial charge in [0, 0.05) is 37.2 Å². The normalized spacial score (nSPS) is 9.36. The van der Waals surface area contributed by atoms with Gasteiger partial charge in [-0.3, -0.25) is 4.84 Å². The molecule has 0 atom stereocenters. The molecule has 1 N–H and O–H groups in total. The van der Waals surface area contributed by atoms with Crippen LogP contribution in [0.4, 0.5) is 11.4 Å². The van der Waals surface area contributed by atoms with Crippen molar-refractivity contribution in [3.05, 3.63) is 24.3 Å². The molecule has 0 radical (unpaired) electrons. The molecule has 60 valence electrons. The van der Waals surface area contributed by atoms with Crippen LogP contribution in [0.15, 0.2) is 24.3 Å². The van der Waals surface area contributed by atoms with Gasteiger partial charge in [0.05, 0.1) is 0 Å². The van der Waals surface area contributed by atoms with Crippen LogP contribution >= 0.6 is 11.8 Å². The van der Waals surface area contributed by atoms with Gasteiger partial charge in [-0.05, 0) is 24.3 Å². The molecule has 0 aromatic heterocycles. The molecule has 11 heavy (non-hydrogen) atoms. The molecule has 0 unspecified atom stereocenters. The van der Waals surface area contributed by atoms with Gasteiger partial charge < -0.3 is 4.90 Å². The number of benzene rings is 1. The Bertz CT molecular complexity index is 218. The first-order valence-electron chi connectivity index (χ1n) is 3.38. The number of nitrogens with zero attached hydrogens (tertiary/aromatic N) is 1. The van der Waals surface area contributed by atoms with Crippen LogP contribution < -0.4 is 9.74 Å². The van der Waals surface area contributed by atoms with Crippen LogP contribution in [0, 0.1) is 0 Å². The maximum absolute atomic E-state index is 5.40. The van der Waals surface area contributed by atoms with Gasteiger partial charge in [-0.2, -0.15) is 0 Å². The minimum atomic E-state index is 0.914. The van der Waals surface area contributed by atoms with E-state index in [0.29, 0.717) is 0 Å². The first kappa shape index (κ1) is 8.21. The molecular formula is C8H11ClN2. The van der Waals surface area contributed by atoms with Crippen molar-refractivity contribution in [2.75, 3.05) is 23.8 Å². The molecule has 0 aliphatic rings. The highest BCUT2D eigenvalue weighted by molar-refractivity contribution is 6.23. The van der Waals surface area contributed by atoms with E-state index < -0.39 is 0 Å². The number of anilines is 2. The Hall–Kier alpha value is -0.890.